The fourth-order valence-corrected chi connectivity index (χ4v) is 1.94. The Balaban J connectivity index is 2.66. The van der Waals surface area contributed by atoms with Gasteiger partial charge in [-0.1, -0.05) is 0 Å². The number of pyridine rings is 1. The molecule has 84 valence electrons. The number of halogens is 4. The maximum Gasteiger partial charge on any atom is 0.287 e. The minimum atomic E-state index is -3.14. The molecule has 0 spiro atoms. The largest absolute Gasteiger partial charge is 0.390 e. The molecule has 0 saturated carbocycles. The van der Waals surface area contributed by atoms with Crippen LogP contribution in [-0.4, -0.2) is 29.2 Å². The zero-order chi connectivity index (χ0) is 11.5. The maximum absolute atomic E-state index is 12.7. The van der Waals surface area contributed by atoms with Crippen molar-refractivity contribution in [2.24, 2.45) is 0 Å². The lowest BCUT2D eigenvalue weighted by atomic mass is 10.3. The molecule has 0 unspecified atom stereocenters. The molecule has 3 nitrogen and oxygen atoms in total. The van der Waals surface area contributed by atoms with Crippen LogP contribution >= 0.6 is 31.9 Å². The lowest BCUT2D eigenvalue weighted by Gasteiger charge is -2.15. The van der Waals surface area contributed by atoms with Gasteiger partial charge in [-0.2, -0.15) is 0 Å². The molecule has 0 aliphatic rings. The average molecular weight is 346 g/mol. The molecule has 0 atom stereocenters. The second-order valence-corrected chi connectivity index (χ2v) is 4.62. The van der Waals surface area contributed by atoms with E-state index in [9.17, 15) is 8.78 Å². The first-order valence-electron chi connectivity index (χ1n) is 3.98. The van der Waals surface area contributed by atoms with Crippen molar-refractivity contribution in [2.75, 3.05) is 18.5 Å². The lowest BCUT2D eigenvalue weighted by Crippen LogP contribution is -2.31. The summed E-state index contributed by atoms with van der Waals surface area (Å²) in [4.78, 5) is 3.90. The number of rotatable bonds is 4. The summed E-state index contributed by atoms with van der Waals surface area (Å²) in [6.07, 6.45) is 1.49. The fourth-order valence-electron chi connectivity index (χ4n) is 0.814. The molecular weight excluding hydrogens is 338 g/mol. The number of alkyl halides is 2. The lowest BCUT2D eigenvalue weighted by molar-refractivity contribution is -0.0373. The highest BCUT2D eigenvalue weighted by molar-refractivity contribution is 9.11. The van der Waals surface area contributed by atoms with Crippen LogP contribution in [0, 0.1) is 0 Å². The van der Waals surface area contributed by atoms with E-state index in [1.54, 1.807) is 6.07 Å². The van der Waals surface area contributed by atoms with Crippen molar-refractivity contribution in [2.45, 2.75) is 5.92 Å². The molecule has 0 aromatic carbocycles. The number of anilines is 1. The Kier molecular flexibility index (Phi) is 4.42. The minimum absolute atomic E-state index is 0.311. The predicted molar refractivity (Wildman–Crippen MR) is 60.2 cm³/mol. The van der Waals surface area contributed by atoms with E-state index in [1.807, 2.05) is 0 Å². The van der Waals surface area contributed by atoms with Gasteiger partial charge in [-0.3, -0.25) is 0 Å². The first kappa shape index (κ1) is 12.8. The van der Waals surface area contributed by atoms with Crippen LogP contribution in [0.5, 0.6) is 0 Å². The van der Waals surface area contributed by atoms with Crippen LogP contribution in [0.2, 0.25) is 0 Å². The highest BCUT2D eigenvalue weighted by Gasteiger charge is 2.27. The van der Waals surface area contributed by atoms with Crippen LogP contribution in [-0.2, 0) is 0 Å². The average Bonchev–Trinajstić information content (AvgIpc) is 2.16. The van der Waals surface area contributed by atoms with Crippen LogP contribution in [0.4, 0.5) is 14.6 Å². The van der Waals surface area contributed by atoms with Crippen molar-refractivity contribution >= 4 is 37.7 Å². The van der Waals surface area contributed by atoms with Gasteiger partial charge in [0.15, 0.2) is 0 Å². The predicted octanol–water partition coefficient (Wildman–Crippen LogP) is 2.65. The van der Waals surface area contributed by atoms with Gasteiger partial charge in [0.1, 0.15) is 12.4 Å². The second kappa shape index (κ2) is 5.18. The highest BCUT2D eigenvalue weighted by Crippen LogP contribution is 2.24. The summed E-state index contributed by atoms with van der Waals surface area (Å²) in [5, 5.41) is 10.8. The van der Waals surface area contributed by atoms with Gasteiger partial charge in [0, 0.05) is 10.7 Å². The monoisotopic (exact) mass is 344 g/mol. The Morgan fingerprint density at radius 2 is 2.13 bits per heavy atom. The van der Waals surface area contributed by atoms with Crippen molar-refractivity contribution in [3.63, 3.8) is 0 Å². The van der Waals surface area contributed by atoms with E-state index in [2.05, 4.69) is 42.2 Å². The summed E-state index contributed by atoms with van der Waals surface area (Å²) in [5.74, 6) is -2.83. The Morgan fingerprint density at radius 3 is 2.67 bits per heavy atom. The summed E-state index contributed by atoms with van der Waals surface area (Å²) >= 11 is 6.37. The van der Waals surface area contributed by atoms with E-state index in [4.69, 9.17) is 5.11 Å². The first-order valence-corrected chi connectivity index (χ1v) is 5.57. The molecule has 1 rings (SSSR count). The third kappa shape index (κ3) is 4.00. The first-order chi connectivity index (χ1) is 6.94. The van der Waals surface area contributed by atoms with Gasteiger partial charge >= 0.3 is 0 Å². The number of nitrogens with zero attached hydrogens (tertiary/aromatic N) is 1. The summed E-state index contributed by atoms with van der Waals surface area (Å²) in [6, 6.07) is 1.69. The summed E-state index contributed by atoms with van der Waals surface area (Å²) in [7, 11) is 0. The number of nitrogens with one attached hydrogen (secondary N) is 1. The molecule has 0 amide bonds. The summed E-state index contributed by atoms with van der Waals surface area (Å²) in [6.45, 7) is -1.84. The Morgan fingerprint density at radius 1 is 1.47 bits per heavy atom. The van der Waals surface area contributed by atoms with Gasteiger partial charge in [-0.25, -0.2) is 13.8 Å². The number of hydrogen-bond acceptors (Lipinski definition) is 3. The third-order valence-corrected chi connectivity index (χ3v) is 2.59. The molecular formula is C8H8Br2F2N2O. The standard InChI is InChI=1S/C8H8Br2F2N2O/c9-5-1-6(10)7(13-2-5)14-3-8(11,12)4-15/h1-2,15H,3-4H2,(H,13,14). The van der Waals surface area contributed by atoms with Crippen LogP contribution in [0.3, 0.4) is 0 Å². The van der Waals surface area contributed by atoms with E-state index in [0.29, 0.717) is 10.3 Å². The summed E-state index contributed by atoms with van der Waals surface area (Å²) < 4.78 is 26.7. The molecule has 1 heterocycles. The Hall–Kier alpha value is -0.270. The molecule has 0 radical (unpaired) electrons. The van der Waals surface area contributed by atoms with E-state index in [0.717, 1.165) is 4.47 Å². The smallest absolute Gasteiger partial charge is 0.287 e. The number of aliphatic hydroxyl groups is 1. The molecule has 0 aliphatic carbocycles. The van der Waals surface area contributed by atoms with Crippen molar-refractivity contribution in [3.8, 4) is 0 Å². The van der Waals surface area contributed by atoms with E-state index < -0.39 is 19.1 Å². The Labute approximate surface area is 102 Å². The van der Waals surface area contributed by atoms with Crippen molar-refractivity contribution < 1.29 is 13.9 Å². The number of hydrogen-bond donors (Lipinski definition) is 2. The maximum atomic E-state index is 12.7. The molecule has 0 saturated heterocycles. The topological polar surface area (TPSA) is 45.1 Å². The van der Waals surface area contributed by atoms with Crippen molar-refractivity contribution in [1.29, 1.82) is 0 Å². The second-order valence-electron chi connectivity index (χ2n) is 2.85. The van der Waals surface area contributed by atoms with Crippen LogP contribution < -0.4 is 5.32 Å². The van der Waals surface area contributed by atoms with Crippen LogP contribution in [0.1, 0.15) is 0 Å². The molecule has 1 aromatic rings. The van der Waals surface area contributed by atoms with Crippen molar-refractivity contribution in [3.05, 3.63) is 21.2 Å². The van der Waals surface area contributed by atoms with Gasteiger partial charge in [-0.05, 0) is 37.9 Å². The molecule has 15 heavy (non-hydrogen) atoms. The molecule has 2 N–H and O–H groups in total. The van der Waals surface area contributed by atoms with Gasteiger partial charge < -0.3 is 10.4 Å². The normalized spacial score (nSPS) is 11.5. The van der Waals surface area contributed by atoms with Gasteiger partial charge in [0.05, 0.1) is 11.0 Å². The highest BCUT2D eigenvalue weighted by atomic mass is 79.9. The molecule has 1 aromatic heterocycles. The van der Waals surface area contributed by atoms with Crippen molar-refractivity contribution in [1.82, 2.24) is 4.98 Å². The van der Waals surface area contributed by atoms with E-state index in [-0.39, 0.29) is 0 Å². The number of aromatic nitrogens is 1. The Bertz CT molecular complexity index is 349. The van der Waals surface area contributed by atoms with Crippen LogP contribution in [0.25, 0.3) is 0 Å². The zero-order valence-electron chi connectivity index (χ0n) is 7.48. The van der Waals surface area contributed by atoms with Gasteiger partial charge in [0.25, 0.3) is 5.92 Å². The zero-order valence-corrected chi connectivity index (χ0v) is 10.6. The molecule has 7 heteroatoms. The molecule has 0 fully saturated rings. The SMILES string of the molecule is OCC(F)(F)CNc1ncc(Br)cc1Br. The number of aliphatic hydroxyl groups excluding tert-OH is 1. The van der Waals surface area contributed by atoms with Crippen LogP contribution in [0.15, 0.2) is 21.2 Å². The fraction of sp³-hybridized carbons (Fsp3) is 0.375. The third-order valence-electron chi connectivity index (χ3n) is 1.55. The molecule has 0 bridgehead atoms. The molecule has 0 aliphatic heterocycles. The van der Waals surface area contributed by atoms with Gasteiger partial charge in [-0.15, -0.1) is 0 Å². The van der Waals surface area contributed by atoms with E-state index in [1.165, 1.54) is 6.20 Å². The minimum Gasteiger partial charge on any atom is -0.390 e. The summed E-state index contributed by atoms with van der Waals surface area (Å²) in [5.41, 5.74) is 0. The van der Waals surface area contributed by atoms with Gasteiger partial charge in [0.2, 0.25) is 0 Å². The van der Waals surface area contributed by atoms with E-state index >= 15 is 0 Å². The quantitative estimate of drug-likeness (QED) is 0.881.